The number of rotatable bonds is 7. The van der Waals surface area contributed by atoms with Crippen LogP contribution in [0, 0.1) is 6.92 Å². The fraction of sp³-hybridized carbons (Fsp3) is 0.214. The van der Waals surface area contributed by atoms with Gasteiger partial charge in [-0.25, -0.2) is 9.97 Å². The minimum atomic E-state index is -0.150. The molecule has 0 saturated carbocycles. The van der Waals surface area contributed by atoms with Gasteiger partial charge in [0, 0.05) is 60.7 Å². The summed E-state index contributed by atoms with van der Waals surface area (Å²) in [5.74, 6) is 0.323. The van der Waals surface area contributed by atoms with E-state index >= 15 is 0 Å². The Labute approximate surface area is 210 Å². The van der Waals surface area contributed by atoms with E-state index in [4.69, 9.17) is 4.74 Å². The maximum absolute atomic E-state index is 12.9. The van der Waals surface area contributed by atoms with Crippen molar-refractivity contribution in [3.8, 4) is 11.3 Å². The Bertz CT molecular complexity index is 1320. The molecule has 3 heterocycles. The maximum atomic E-state index is 12.9. The number of nitrogens with zero attached hydrogens (tertiary/aromatic N) is 4. The highest BCUT2D eigenvalue weighted by atomic mass is 16.5. The lowest BCUT2D eigenvalue weighted by Crippen LogP contribution is -2.35. The SMILES string of the molecule is Cc1ccc(CN2CCOCC2)cc1NC(=O)c1ccc(Nc2nccc(-c3cccnc3)n2)cc1. The van der Waals surface area contributed by atoms with Gasteiger partial charge in [0.05, 0.1) is 18.9 Å². The van der Waals surface area contributed by atoms with Gasteiger partial charge in [-0.2, -0.15) is 0 Å². The lowest BCUT2D eigenvalue weighted by atomic mass is 10.1. The second kappa shape index (κ2) is 11.1. The molecule has 0 spiro atoms. The normalized spacial score (nSPS) is 13.8. The van der Waals surface area contributed by atoms with Crippen molar-refractivity contribution in [3.63, 3.8) is 0 Å². The van der Waals surface area contributed by atoms with Crippen molar-refractivity contribution in [3.05, 3.63) is 95.9 Å². The molecule has 2 aromatic carbocycles. The zero-order chi connectivity index (χ0) is 24.7. The predicted molar refractivity (Wildman–Crippen MR) is 140 cm³/mol. The van der Waals surface area contributed by atoms with E-state index in [0.29, 0.717) is 11.5 Å². The summed E-state index contributed by atoms with van der Waals surface area (Å²) in [5, 5.41) is 6.26. The van der Waals surface area contributed by atoms with Gasteiger partial charge in [-0.1, -0.05) is 12.1 Å². The second-order valence-electron chi connectivity index (χ2n) is 8.70. The molecule has 5 rings (SSSR count). The molecule has 8 nitrogen and oxygen atoms in total. The third-order valence-corrected chi connectivity index (χ3v) is 6.08. The largest absolute Gasteiger partial charge is 0.379 e. The number of hydrogen-bond donors (Lipinski definition) is 2. The van der Waals surface area contributed by atoms with Crippen molar-refractivity contribution >= 4 is 23.2 Å². The first kappa shape index (κ1) is 23.6. The Kier molecular flexibility index (Phi) is 7.25. The fourth-order valence-electron chi connectivity index (χ4n) is 4.04. The Hall–Kier alpha value is -4.14. The number of carbonyl (C=O) groups is 1. The number of ether oxygens (including phenoxy) is 1. The molecular formula is C28H28N6O2. The summed E-state index contributed by atoms with van der Waals surface area (Å²) in [6.07, 6.45) is 5.19. The monoisotopic (exact) mass is 480 g/mol. The van der Waals surface area contributed by atoms with Crippen LogP contribution in [-0.2, 0) is 11.3 Å². The van der Waals surface area contributed by atoms with Gasteiger partial charge in [0.2, 0.25) is 5.95 Å². The van der Waals surface area contributed by atoms with Crippen LogP contribution in [0.4, 0.5) is 17.3 Å². The number of amides is 1. The van der Waals surface area contributed by atoms with Crippen LogP contribution in [0.15, 0.2) is 79.3 Å². The lowest BCUT2D eigenvalue weighted by molar-refractivity contribution is 0.0342. The molecule has 1 saturated heterocycles. The summed E-state index contributed by atoms with van der Waals surface area (Å²) < 4.78 is 5.43. The van der Waals surface area contributed by atoms with Crippen molar-refractivity contribution in [2.75, 3.05) is 36.9 Å². The molecule has 0 bridgehead atoms. The number of benzene rings is 2. The Balaban J connectivity index is 1.23. The van der Waals surface area contributed by atoms with Crippen LogP contribution in [0.25, 0.3) is 11.3 Å². The molecule has 2 N–H and O–H groups in total. The molecule has 1 aliphatic rings. The minimum Gasteiger partial charge on any atom is -0.379 e. The minimum absolute atomic E-state index is 0.150. The summed E-state index contributed by atoms with van der Waals surface area (Å²) in [6, 6.07) is 19.2. The topological polar surface area (TPSA) is 92.3 Å². The predicted octanol–water partition coefficient (Wildman–Crippen LogP) is 4.68. The molecule has 8 heteroatoms. The number of aromatic nitrogens is 3. The molecule has 1 fully saturated rings. The number of anilines is 3. The molecule has 0 radical (unpaired) electrons. The molecule has 1 aliphatic heterocycles. The highest BCUT2D eigenvalue weighted by Crippen LogP contribution is 2.22. The highest BCUT2D eigenvalue weighted by molar-refractivity contribution is 6.04. The average molecular weight is 481 g/mol. The van der Waals surface area contributed by atoms with Crippen molar-refractivity contribution in [2.24, 2.45) is 0 Å². The summed E-state index contributed by atoms with van der Waals surface area (Å²) >= 11 is 0. The smallest absolute Gasteiger partial charge is 0.255 e. The van der Waals surface area contributed by atoms with Crippen LogP contribution >= 0.6 is 0 Å². The van der Waals surface area contributed by atoms with Gasteiger partial charge in [-0.15, -0.1) is 0 Å². The molecule has 36 heavy (non-hydrogen) atoms. The van der Waals surface area contributed by atoms with Crippen molar-refractivity contribution in [2.45, 2.75) is 13.5 Å². The van der Waals surface area contributed by atoms with E-state index in [1.807, 2.05) is 37.3 Å². The first-order valence-corrected chi connectivity index (χ1v) is 12.0. The average Bonchev–Trinajstić information content (AvgIpc) is 2.92. The number of carbonyl (C=O) groups excluding carboxylic acids is 1. The van der Waals surface area contributed by atoms with Crippen LogP contribution in [0.2, 0.25) is 0 Å². The van der Waals surface area contributed by atoms with Gasteiger partial charge in [0.25, 0.3) is 5.91 Å². The van der Waals surface area contributed by atoms with Crippen molar-refractivity contribution in [1.82, 2.24) is 19.9 Å². The van der Waals surface area contributed by atoms with E-state index in [2.05, 4.69) is 48.7 Å². The number of nitrogens with one attached hydrogen (secondary N) is 2. The molecule has 0 unspecified atom stereocenters. The van der Waals surface area contributed by atoms with Crippen molar-refractivity contribution < 1.29 is 9.53 Å². The summed E-state index contributed by atoms with van der Waals surface area (Å²) in [7, 11) is 0. The highest BCUT2D eigenvalue weighted by Gasteiger charge is 2.13. The van der Waals surface area contributed by atoms with E-state index in [1.165, 1.54) is 5.56 Å². The molecular weight excluding hydrogens is 452 g/mol. The quantitative estimate of drug-likeness (QED) is 0.397. The Morgan fingerprint density at radius 2 is 1.86 bits per heavy atom. The van der Waals surface area contributed by atoms with Gasteiger partial charge in [-0.05, 0) is 66.6 Å². The Morgan fingerprint density at radius 3 is 2.64 bits per heavy atom. The molecule has 4 aromatic rings. The number of aryl methyl sites for hydroxylation is 1. The van der Waals surface area contributed by atoms with Gasteiger partial charge in [-0.3, -0.25) is 14.7 Å². The van der Waals surface area contributed by atoms with Crippen LogP contribution in [-0.4, -0.2) is 52.1 Å². The van der Waals surface area contributed by atoms with E-state index < -0.39 is 0 Å². The second-order valence-corrected chi connectivity index (χ2v) is 8.70. The summed E-state index contributed by atoms with van der Waals surface area (Å²) in [4.78, 5) is 28.3. The standard InChI is InChI=1S/C28H28N6O2/c1-20-4-5-21(19-34-13-15-36-16-14-34)17-26(20)32-27(35)22-6-8-24(9-7-22)31-28-30-12-10-25(33-28)23-3-2-11-29-18-23/h2-12,17-18H,13-16,19H2,1H3,(H,32,35)(H,30,31,33). The summed E-state index contributed by atoms with van der Waals surface area (Å²) in [6.45, 7) is 6.23. The zero-order valence-electron chi connectivity index (χ0n) is 20.1. The summed E-state index contributed by atoms with van der Waals surface area (Å²) in [5.41, 5.74) is 6.08. The zero-order valence-corrected chi connectivity index (χ0v) is 20.1. The molecule has 2 aromatic heterocycles. The lowest BCUT2D eigenvalue weighted by Gasteiger charge is -2.26. The van der Waals surface area contributed by atoms with Gasteiger partial charge in [0.15, 0.2) is 0 Å². The van der Waals surface area contributed by atoms with Crippen LogP contribution in [0.5, 0.6) is 0 Å². The molecule has 0 aliphatic carbocycles. The molecule has 1 amide bonds. The maximum Gasteiger partial charge on any atom is 0.255 e. The molecule has 182 valence electrons. The molecule has 0 atom stereocenters. The van der Waals surface area contributed by atoms with Gasteiger partial charge < -0.3 is 15.4 Å². The number of pyridine rings is 1. The van der Waals surface area contributed by atoms with Crippen LogP contribution in [0.3, 0.4) is 0 Å². The van der Waals surface area contributed by atoms with E-state index in [9.17, 15) is 4.79 Å². The first-order chi connectivity index (χ1) is 17.6. The Morgan fingerprint density at radius 1 is 1.03 bits per heavy atom. The third kappa shape index (κ3) is 5.91. The van der Waals surface area contributed by atoms with Gasteiger partial charge in [0.1, 0.15) is 0 Å². The van der Waals surface area contributed by atoms with Crippen LogP contribution < -0.4 is 10.6 Å². The number of hydrogen-bond acceptors (Lipinski definition) is 7. The fourth-order valence-corrected chi connectivity index (χ4v) is 4.04. The van der Waals surface area contributed by atoms with Crippen LogP contribution in [0.1, 0.15) is 21.5 Å². The third-order valence-electron chi connectivity index (χ3n) is 6.08. The van der Waals surface area contributed by atoms with Crippen molar-refractivity contribution in [1.29, 1.82) is 0 Å². The van der Waals surface area contributed by atoms with Gasteiger partial charge >= 0.3 is 0 Å². The van der Waals surface area contributed by atoms with E-state index in [0.717, 1.165) is 61.0 Å². The van der Waals surface area contributed by atoms with E-state index in [1.54, 1.807) is 30.7 Å². The number of morpholine rings is 1. The van der Waals surface area contributed by atoms with E-state index in [-0.39, 0.29) is 5.91 Å². The first-order valence-electron chi connectivity index (χ1n) is 12.0.